The maximum Gasteiger partial charge on any atom is 0.264 e. The standard InChI is InChI=1S/C30H34Cl2FN3O4S/c1-5-21(4)34-30(38)27(6-2)35(18-23-24(31)10-9-11-25(23)32)29(37)19-36(28-13-8-7-12-26(28)33)41(39,40)22-16-14-20(3)15-17-22/h7-17,21,27H,5-6,18-19H2,1-4H3,(H,34,38)/t21-,27-/m0/s1. The zero-order chi connectivity index (χ0) is 30.3. The largest absolute Gasteiger partial charge is 0.352 e. The van der Waals surface area contributed by atoms with E-state index in [1.54, 1.807) is 37.3 Å². The van der Waals surface area contributed by atoms with Gasteiger partial charge in [0.1, 0.15) is 18.4 Å². The van der Waals surface area contributed by atoms with Crippen molar-refractivity contribution in [3.63, 3.8) is 0 Å². The highest BCUT2D eigenvalue weighted by Crippen LogP contribution is 2.29. The van der Waals surface area contributed by atoms with E-state index < -0.39 is 40.2 Å². The van der Waals surface area contributed by atoms with Crippen molar-refractivity contribution >= 4 is 50.7 Å². The lowest BCUT2D eigenvalue weighted by Gasteiger charge is -2.34. The lowest BCUT2D eigenvalue weighted by Crippen LogP contribution is -2.53. The summed E-state index contributed by atoms with van der Waals surface area (Å²) in [7, 11) is -4.39. The second-order valence-electron chi connectivity index (χ2n) is 9.74. The average Bonchev–Trinajstić information content (AvgIpc) is 2.93. The molecule has 0 saturated heterocycles. The molecule has 0 aliphatic rings. The van der Waals surface area contributed by atoms with Crippen LogP contribution in [-0.2, 0) is 26.2 Å². The van der Waals surface area contributed by atoms with Crippen LogP contribution < -0.4 is 9.62 Å². The maximum absolute atomic E-state index is 15.1. The summed E-state index contributed by atoms with van der Waals surface area (Å²) in [6.07, 6.45) is 0.892. The van der Waals surface area contributed by atoms with E-state index in [9.17, 15) is 18.0 Å². The zero-order valence-electron chi connectivity index (χ0n) is 23.4. The molecule has 0 spiro atoms. The number of nitrogens with zero attached hydrogens (tertiary/aromatic N) is 2. The van der Waals surface area contributed by atoms with Gasteiger partial charge in [-0.25, -0.2) is 12.8 Å². The molecular formula is C30H34Cl2FN3O4S. The lowest BCUT2D eigenvalue weighted by atomic mass is 10.1. The van der Waals surface area contributed by atoms with Gasteiger partial charge in [0.2, 0.25) is 11.8 Å². The monoisotopic (exact) mass is 621 g/mol. The van der Waals surface area contributed by atoms with Crippen LogP contribution in [0.15, 0.2) is 71.6 Å². The first-order valence-corrected chi connectivity index (χ1v) is 15.5. The fourth-order valence-corrected chi connectivity index (χ4v) is 6.16. The van der Waals surface area contributed by atoms with Crippen LogP contribution in [0.2, 0.25) is 10.0 Å². The minimum Gasteiger partial charge on any atom is -0.352 e. The Bertz CT molecular complexity index is 1470. The first-order chi connectivity index (χ1) is 19.4. The average molecular weight is 623 g/mol. The van der Waals surface area contributed by atoms with Gasteiger partial charge in [-0.05, 0) is 63.1 Å². The van der Waals surface area contributed by atoms with E-state index in [0.717, 1.165) is 15.9 Å². The van der Waals surface area contributed by atoms with Gasteiger partial charge >= 0.3 is 0 Å². The SMILES string of the molecule is CC[C@H](C)NC(=O)[C@H](CC)N(Cc1c(Cl)cccc1Cl)C(=O)CN(c1ccccc1F)S(=O)(=O)c1ccc(C)cc1. The first-order valence-electron chi connectivity index (χ1n) is 13.3. The predicted molar refractivity (Wildman–Crippen MR) is 161 cm³/mol. The minimum absolute atomic E-state index is 0.110. The number of para-hydroxylation sites is 1. The van der Waals surface area contributed by atoms with Gasteiger partial charge in [-0.2, -0.15) is 0 Å². The van der Waals surface area contributed by atoms with Crippen LogP contribution in [0.3, 0.4) is 0 Å². The zero-order valence-corrected chi connectivity index (χ0v) is 25.7. The number of amides is 2. The van der Waals surface area contributed by atoms with Crippen molar-refractivity contribution < 1.29 is 22.4 Å². The second-order valence-corrected chi connectivity index (χ2v) is 12.4. The van der Waals surface area contributed by atoms with Crippen molar-refractivity contribution in [1.82, 2.24) is 10.2 Å². The molecule has 0 fully saturated rings. The van der Waals surface area contributed by atoms with Crippen LogP contribution in [0.1, 0.15) is 44.7 Å². The van der Waals surface area contributed by atoms with E-state index >= 15 is 4.39 Å². The Morgan fingerprint density at radius 3 is 2.10 bits per heavy atom. The number of benzene rings is 3. The van der Waals surface area contributed by atoms with Crippen LogP contribution in [0.5, 0.6) is 0 Å². The highest BCUT2D eigenvalue weighted by molar-refractivity contribution is 7.92. The summed E-state index contributed by atoms with van der Waals surface area (Å²) in [5.74, 6) is -1.96. The summed E-state index contributed by atoms with van der Waals surface area (Å²) < 4.78 is 43.5. The molecule has 3 rings (SSSR count). The third-order valence-corrected chi connectivity index (χ3v) is 9.27. The van der Waals surface area contributed by atoms with Crippen molar-refractivity contribution in [3.05, 3.63) is 93.7 Å². The van der Waals surface area contributed by atoms with Gasteiger partial charge in [0, 0.05) is 28.2 Å². The maximum atomic E-state index is 15.1. The Hall–Kier alpha value is -3.14. The van der Waals surface area contributed by atoms with Gasteiger partial charge in [-0.3, -0.25) is 13.9 Å². The van der Waals surface area contributed by atoms with E-state index in [1.807, 2.05) is 20.8 Å². The molecule has 0 heterocycles. The Balaban J connectivity index is 2.11. The number of hydrogen-bond donors (Lipinski definition) is 1. The molecule has 7 nitrogen and oxygen atoms in total. The molecule has 2 amide bonds. The summed E-state index contributed by atoms with van der Waals surface area (Å²) in [5, 5.41) is 3.46. The predicted octanol–water partition coefficient (Wildman–Crippen LogP) is 6.36. The van der Waals surface area contributed by atoms with Crippen LogP contribution >= 0.6 is 23.2 Å². The summed E-state index contributed by atoms with van der Waals surface area (Å²) >= 11 is 12.8. The van der Waals surface area contributed by atoms with E-state index in [0.29, 0.717) is 12.0 Å². The van der Waals surface area contributed by atoms with Crippen LogP contribution in [-0.4, -0.2) is 43.8 Å². The number of anilines is 1. The molecule has 0 aliphatic heterocycles. The van der Waals surface area contributed by atoms with E-state index in [4.69, 9.17) is 23.2 Å². The van der Waals surface area contributed by atoms with Gasteiger partial charge < -0.3 is 10.2 Å². The third-order valence-electron chi connectivity index (χ3n) is 6.79. The van der Waals surface area contributed by atoms with E-state index in [1.165, 1.54) is 35.2 Å². The van der Waals surface area contributed by atoms with Crippen LogP contribution in [0.4, 0.5) is 10.1 Å². The molecule has 3 aromatic carbocycles. The summed E-state index contributed by atoms with van der Waals surface area (Å²) in [6.45, 7) is 6.37. The number of aryl methyl sites for hydroxylation is 1. The number of rotatable bonds is 12. The van der Waals surface area contributed by atoms with Gasteiger partial charge in [0.15, 0.2) is 0 Å². The minimum atomic E-state index is -4.39. The van der Waals surface area contributed by atoms with Gasteiger partial charge in [-0.1, -0.05) is 72.9 Å². The van der Waals surface area contributed by atoms with Crippen molar-refractivity contribution in [1.29, 1.82) is 0 Å². The molecule has 41 heavy (non-hydrogen) atoms. The van der Waals surface area contributed by atoms with E-state index in [2.05, 4.69) is 5.32 Å². The van der Waals surface area contributed by atoms with Gasteiger partial charge in [0.25, 0.3) is 10.0 Å². The molecule has 0 aromatic heterocycles. The number of hydrogen-bond acceptors (Lipinski definition) is 4. The summed E-state index contributed by atoms with van der Waals surface area (Å²) in [5.41, 5.74) is 0.936. The Labute approximate surface area is 251 Å². The smallest absolute Gasteiger partial charge is 0.264 e. The molecule has 220 valence electrons. The first kappa shape index (κ1) is 32.4. The van der Waals surface area contributed by atoms with Crippen molar-refractivity contribution in [2.24, 2.45) is 0 Å². The van der Waals surface area contributed by atoms with Crippen LogP contribution in [0.25, 0.3) is 0 Å². The molecule has 0 aliphatic carbocycles. The van der Waals surface area contributed by atoms with Gasteiger partial charge in [-0.15, -0.1) is 0 Å². The second kappa shape index (κ2) is 14.2. The normalized spacial score (nSPS) is 12.9. The Morgan fingerprint density at radius 2 is 1.54 bits per heavy atom. The van der Waals surface area contributed by atoms with Crippen molar-refractivity contribution in [2.75, 3.05) is 10.8 Å². The summed E-state index contributed by atoms with van der Waals surface area (Å²) in [4.78, 5) is 28.6. The molecule has 2 atom stereocenters. The third kappa shape index (κ3) is 7.78. The molecule has 0 unspecified atom stereocenters. The number of halogens is 3. The fourth-order valence-electron chi connectivity index (χ4n) is 4.22. The molecule has 0 radical (unpaired) electrons. The van der Waals surface area contributed by atoms with Crippen LogP contribution in [0, 0.1) is 12.7 Å². The van der Waals surface area contributed by atoms with Gasteiger partial charge in [0.05, 0.1) is 10.6 Å². The number of carbonyl (C=O) groups is 2. The molecule has 1 N–H and O–H groups in total. The van der Waals surface area contributed by atoms with Crippen molar-refractivity contribution in [3.8, 4) is 0 Å². The lowest BCUT2D eigenvalue weighted by molar-refractivity contribution is -0.140. The number of nitrogens with one attached hydrogen (secondary N) is 1. The number of carbonyl (C=O) groups excluding carboxylic acids is 2. The molecule has 3 aromatic rings. The topological polar surface area (TPSA) is 86.8 Å². The Kier molecular flexibility index (Phi) is 11.2. The van der Waals surface area contributed by atoms with E-state index in [-0.39, 0.29) is 39.6 Å². The highest BCUT2D eigenvalue weighted by atomic mass is 35.5. The number of sulfonamides is 1. The quantitative estimate of drug-likeness (QED) is 0.255. The molecule has 11 heteroatoms. The highest BCUT2D eigenvalue weighted by Gasteiger charge is 2.35. The molecule has 0 bridgehead atoms. The van der Waals surface area contributed by atoms with Crippen molar-refractivity contribution in [2.45, 2.75) is 64.1 Å². The summed E-state index contributed by atoms with van der Waals surface area (Å²) in [6, 6.07) is 15.1. The Morgan fingerprint density at radius 1 is 0.927 bits per heavy atom. The fraction of sp³-hybridized carbons (Fsp3) is 0.333. The molecule has 0 saturated carbocycles. The molecular weight excluding hydrogens is 588 g/mol.